The molecule has 1 aliphatic heterocycles. The molecule has 2 fully saturated rings. The zero-order chi connectivity index (χ0) is 20.8. The van der Waals surface area contributed by atoms with Crippen LogP contribution in [0.4, 0.5) is 14.9 Å². The van der Waals surface area contributed by atoms with Gasteiger partial charge in [-0.25, -0.2) is 19.2 Å². The maximum Gasteiger partial charge on any atom is 0.322 e. The number of hydrogen-bond acceptors (Lipinski definition) is 4. The number of fused-ring (bicyclic) bond motifs is 2. The summed E-state index contributed by atoms with van der Waals surface area (Å²) >= 11 is 0. The Kier molecular flexibility index (Phi) is 5.02. The van der Waals surface area contributed by atoms with Crippen molar-refractivity contribution in [2.75, 3.05) is 12.4 Å². The molecular weight excluding hydrogens is 371 g/mol. The van der Waals surface area contributed by atoms with E-state index in [4.69, 9.17) is 4.74 Å². The molecule has 1 saturated carbocycles. The van der Waals surface area contributed by atoms with Crippen LogP contribution in [0.5, 0.6) is 0 Å². The number of benzene rings is 1. The van der Waals surface area contributed by atoms with Crippen molar-refractivity contribution < 1.29 is 13.9 Å². The smallest absolute Gasteiger partial charge is 0.322 e. The summed E-state index contributed by atoms with van der Waals surface area (Å²) in [5, 5.41) is 3.04. The monoisotopic (exact) mass is 398 g/mol. The lowest BCUT2D eigenvalue weighted by atomic mass is 9.62. The number of carbonyl (C=O) groups is 1. The molecule has 2 aromatic rings. The second-order valence-corrected chi connectivity index (χ2v) is 8.44. The first-order chi connectivity index (χ1) is 13.8. The Morgan fingerprint density at radius 2 is 2.07 bits per heavy atom. The van der Waals surface area contributed by atoms with Gasteiger partial charge in [-0.2, -0.15) is 0 Å². The number of likely N-dealkylation sites (tertiary alicyclic amines) is 1. The van der Waals surface area contributed by atoms with Gasteiger partial charge in [-0.3, -0.25) is 0 Å². The number of hydrogen-bond donors (Lipinski definition) is 1. The molecule has 29 heavy (non-hydrogen) atoms. The summed E-state index contributed by atoms with van der Waals surface area (Å²) in [5.41, 5.74) is 2.14. The molecule has 0 radical (unpaired) electrons. The van der Waals surface area contributed by atoms with Crippen LogP contribution in [0.3, 0.4) is 0 Å². The van der Waals surface area contributed by atoms with Crippen LogP contribution < -0.4 is 5.32 Å². The number of amides is 2. The van der Waals surface area contributed by atoms with E-state index < -0.39 is 5.82 Å². The van der Waals surface area contributed by atoms with Crippen LogP contribution in [0, 0.1) is 18.7 Å². The molecule has 1 aromatic carbocycles. The van der Waals surface area contributed by atoms with Gasteiger partial charge in [0.15, 0.2) is 11.6 Å². The number of ether oxygens (including phenoxy) is 1. The van der Waals surface area contributed by atoms with Crippen molar-refractivity contribution >= 4 is 11.7 Å². The molecule has 4 rings (SSSR count). The van der Waals surface area contributed by atoms with Crippen LogP contribution in [-0.2, 0) is 4.74 Å². The number of anilines is 1. The molecule has 2 aliphatic rings. The molecule has 6 nitrogen and oxygen atoms in total. The van der Waals surface area contributed by atoms with Crippen LogP contribution >= 0.6 is 0 Å². The number of piperidine rings is 1. The summed E-state index contributed by atoms with van der Waals surface area (Å²) in [7, 11) is 1.71. The van der Waals surface area contributed by atoms with E-state index in [2.05, 4.69) is 22.2 Å². The number of aryl methyl sites for hydroxylation is 1. The first kappa shape index (κ1) is 19.8. The largest absolute Gasteiger partial charge is 0.379 e. The van der Waals surface area contributed by atoms with Crippen molar-refractivity contribution in [2.24, 2.45) is 5.92 Å². The summed E-state index contributed by atoms with van der Waals surface area (Å²) in [6.07, 6.45) is 5.23. The maximum absolute atomic E-state index is 13.2. The Morgan fingerprint density at radius 1 is 1.34 bits per heavy atom. The van der Waals surface area contributed by atoms with E-state index in [0.29, 0.717) is 17.4 Å². The van der Waals surface area contributed by atoms with E-state index >= 15 is 0 Å². The normalized spacial score (nSPS) is 26.6. The lowest BCUT2D eigenvalue weighted by Crippen LogP contribution is -2.76. The van der Waals surface area contributed by atoms with Gasteiger partial charge in [0.1, 0.15) is 0 Å². The van der Waals surface area contributed by atoms with Crippen molar-refractivity contribution in [3.8, 4) is 11.4 Å². The van der Waals surface area contributed by atoms with Gasteiger partial charge in [0.2, 0.25) is 0 Å². The summed E-state index contributed by atoms with van der Waals surface area (Å²) in [6, 6.07) is 5.76. The number of nitrogens with one attached hydrogen (secondary N) is 1. The number of nitrogens with zero attached hydrogens (tertiary/aromatic N) is 3. The highest BCUT2D eigenvalue weighted by Gasteiger charge is 2.61. The van der Waals surface area contributed by atoms with Gasteiger partial charge < -0.3 is 15.0 Å². The van der Waals surface area contributed by atoms with Gasteiger partial charge >= 0.3 is 6.03 Å². The van der Waals surface area contributed by atoms with Gasteiger partial charge in [-0.15, -0.1) is 0 Å². The highest BCUT2D eigenvalue weighted by molar-refractivity contribution is 5.92. The number of urea groups is 1. The van der Waals surface area contributed by atoms with Crippen LogP contribution in [0.1, 0.15) is 38.7 Å². The number of halogens is 1. The minimum Gasteiger partial charge on any atom is -0.379 e. The van der Waals surface area contributed by atoms with Crippen LogP contribution in [0.2, 0.25) is 0 Å². The van der Waals surface area contributed by atoms with Crippen molar-refractivity contribution in [3.63, 3.8) is 0 Å². The lowest BCUT2D eigenvalue weighted by molar-refractivity contribution is -0.155. The average molecular weight is 398 g/mol. The maximum atomic E-state index is 13.2. The van der Waals surface area contributed by atoms with Gasteiger partial charge in [0.25, 0.3) is 0 Å². The molecule has 2 bridgehead atoms. The third-order valence-electron chi connectivity index (χ3n) is 6.49. The first-order valence-corrected chi connectivity index (χ1v) is 10.1. The average Bonchev–Trinajstić information content (AvgIpc) is 2.68. The molecule has 0 spiro atoms. The fourth-order valence-corrected chi connectivity index (χ4v) is 5.06. The summed E-state index contributed by atoms with van der Waals surface area (Å²) in [5.74, 6) is 0.531. The van der Waals surface area contributed by atoms with Crippen molar-refractivity contribution in [1.82, 2.24) is 14.9 Å². The molecule has 7 heteroatoms. The van der Waals surface area contributed by atoms with E-state index in [1.165, 1.54) is 0 Å². The topological polar surface area (TPSA) is 67.3 Å². The predicted molar refractivity (Wildman–Crippen MR) is 109 cm³/mol. The molecule has 2 heterocycles. The Hall–Kier alpha value is -2.54. The standard InChI is InChI=1S/C22H27FN4O2/c1-13-7-18-10-22(9-13,15(3)29-4)27(18)21(28)26-17-6-5-14(2)19(8-17)20-24-11-16(23)12-25-20/h5-6,8,11-13,15,18H,7,9-10H2,1-4H3,(H,26,28)/t13-,15-,18?,22?/m1/s1. The molecule has 1 aromatic heterocycles. The molecule has 1 aliphatic carbocycles. The van der Waals surface area contributed by atoms with E-state index in [9.17, 15) is 9.18 Å². The van der Waals surface area contributed by atoms with Crippen LogP contribution in [0.15, 0.2) is 30.6 Å². The number of rotatable bonds is 4. The Morgan fingerprint density at radius 3 is 2.76 bits per heavy atom. The summed E-state index contributed by atoms with van der Waals surface area (Å²) in [4.78, 5) is 23.3. The lowest BCUT2D eigenvalue weighted by Gasteiger charge is -2.65. The Balaban J connectivity index is 1.57. The second kappa shape index (κ2) is 7.37. The highest BCUT2D eigenvalue weighted by Crippen LogP contribution is 2.52. The number of methoxy groups -OCH3 is 1. The van der Waals surface area contributed by atoms with E-state index in [0.717, 1.165) is 42.8 Å². The van der Waals surface area contributed by atoms with Gasteiger partial charge in [0, 0.05) is 24.4 Å². The molecule has 154 valence electrons. The third kappa shape index (κ3) is 3.37. The molecule has 2 amide bonds. The quantitative estimate of drug-likeness (QED) is 0.829. The van der Waals surface area contributed by atoms with Gasteiger partial charge in [-0.05, 0) is 56.7 Å². The zero-order valence-electron chi connectivity index (χ0n) is 17.3. The Bertz CT molecular complexity index is 920. The molecule has 2 unspecified atom stereocenters. The summed E-state index contributed by atoms with van der Waals surface area (Å²) < 4.78 is 18.8. The second-order valence-electron chi connectivity index (χ2n) is 8.44. The Labute approximate surface area is 170 Å². The minimum atomic E-state index is -0.480. The molecule has 1 N–H and O–H groups in total. The minimum absolute atomic E-state index is 0.0200. The molecular formula is C22H27FN4O2. The van der Waals surface area contributed by atoms with Crippen molar-refractivity contribution in [1.29, 1.82) is 0 Å². The first-order valence-electron chi connectivity index (χ1n) is 10.1. The van der Waals surface area contributed by atoms with E-state index in [1.54, 1.807) is 7.11 Å². The zero-order valence-corrected chi connectivity index (χ0v) is 17.3. The molecule has 4 atom stereocenters. The summed E-state index contributed by atoms with van der Waals surface area (Å²) in [6.45, 7) is 6.22. The fourth-order valence-electron chi connectivity index (χ4n) is 5.06. The van der Waals surface area contributed by atoms with E-state index in [-0.39, 0.29) is 23.7 Å². The van der Waals surface area contributed by atoms with Crippen LogP contribution in [-0.4, -0.2) is 45.7 Å². The molecule has 1 saturated heterocycles. The highest BCUT2D eigenvalue weighted by atomic mass is 19.1. The van der Waals surface area contributed by atoms with Crippen molar-refractivity contribution in [3.05, 3.63) is 42.0 Å². The number of carbonyl (C=O) groups excluding carboxylic acids is 1. The van der Waals surface area contributed by atoms with Gasteiger partial charge in [-0.1, -0.05) is 13.0 Å². The van der Waals surface area contributed by atoms with Gasteiger partial charge in [0.05, 0.1) is 24.0 Å². The third-order valence-corrected chi connectivity index (χ3v) is 6.49. The van der Waals surface area contributed by atoms with E-state index in [1.807, 2.05) is 36.9 Å². The SMILES string of the molecule is CO[C@H](C)C12CC(C[C@@H](C)C1)N2C(=O)Nc1ccc(C)c(-c2ncc(F)cn2)c1. The fraction of sp³-hybridized carbons (Fsp3) is 0.500. The van der Waals surface area contributed by atoms with Crippen LogP contribution in [0.25, 0.3) is 11.4 Å². The predicted octanol–water partition coefficient (Wildman–Crippen LogP) is 4.40. The number of aromatic nitrogens is 2. The van der Waals surface area contributed by atoms with Crippen molar-refractivity contribution in [2.45, 2.75) is 57.7 Å².